The van der Waals surface area contributed by atoms with Gasteiger partial charge in [0.1, 0.15) is 18.1 Å². The van der Waals surface area contributed by atoms with Gasteiger partial charge in [0.05, 0.1) is 6.04 Å². The number of carbonyl (C=O) groups excluding carboxylic acids is 5. The number of nitrogens with zero attached hydrogens (tertiary/aromatic N) is 1. The van der Waals surface area contributed by atoms with Crippen molar-refractivity contribution in [3.05, 3.63) is 35.9 Å². The molecule has 0 saturated carbocycles. The van der Waals surface area contributed by atoms with E-state index >= 15 is 0 Å². The standard InChI is InChI=1S/C25H39N9O5/c26-20(35)11-10-18(33-22(37)16-8-4-12-30-16)24(39)32-17(9-5-13-31-25(28)29)23(38)34-19(21(27)36)14-15-6-2-1-3-7-15/h1-3,6-7,16-19,30H,4-5,8-14H2,(H2,26,35)(H2,27,36)(H,32,39)(H,33,37)(H,34,38)(H4,28,29,31)/t16-,17-,18-,19+/m0/s1. The summed E-state index contributed by atoms with van der Waals surface area (Å²) >= 11 is 0. The molecule has 12 N–H and O–H groups in total. The number of benzene rings is 1. The van der Waals surface area contributed by atoms with E-state index in [1.165, 1.54) is 0 Å². The van der Waals surface area contributed by atoms with Crippen molar-refractivity contribution in [1.29, 1.82) is 0 Å². The molecule has 2 rings (SSSR count). The highest BCUT2D eigenvalue weighted by atomic mass is 16.2. The number of amides is 5. The molecule has 0 aromatic heterocycles. The molecule has 214 valence electrons. The van der Waals surface area contributed by atoms with E-state index in [0.717, 1.165) is 12.0 Å². The summed E-state index contributed by atoms with van der Waals surface area (Å²) in [6, 6.07) is 5.28. The van der Waals surface area contributed by atoms with E-state index in [1.807, 2.05) is 6.07 Å². The number of rotatable bonds is 16. The van der Waals surface area contributed by atoms with Crippen LogP contribution in [0.1, 0.15) is 44.1 Å². The highest BCUT2D eigenvalue weighted by Crippen LogP contribution is 2.09. The first-order valence-electron chi connectivity index (χ1n) is 12.9. The Morgan fingerprint density at radius 3 is 2.10 bits per heavy atom. The zero-order valence-corrected chi connectivity index (χ0v) is 21.9. The molecule has 39 heavy (non-hydrogen) atoms. The van der Waals surface area contributed by atoms with Crippen LogP contribution in [0, 0.1) is 0 Å². The Hall–Kier alpha value is -4.20. The van der Waals surface area contributed by atoms with Gasteiger partial charge in [-0.1, -0.05) is 30.3 Å². The molecule has 4 atom stereocenters. The predicted molar refractivity (Wildman–Crippen MR) is 144 cm³/mol. The van der Waals surface area contributed by atoms with Gasteiger partial charge in [0.15, 0.2) is 5.96 Å². The first kappa shape index (κ1) is 31.0. The number of hydrogen-bond donors (Lipinski definition) is 8. The molecule has 1 aliphatic heterocycles. The van der Waals surface area contributed by atoms with Crippen molar-refractivity contribution in [1.82, 2.24) is 21.3 Å². The van der Waals surface area contributed by atoms with Crippen LogP contribution in [-0.2, 0) is 30.4 Å². The molecule has 1 aromatic carbocycles. The van der Waals surface area contributed by atoms with Crippen LogP contribution < -0.4 is 44.2 Å². The van der Waals surface area contributed by atoms with Gasteiger partial charge < -0.3 is 44.2 Å². The lowest BCUT2D eigenvalue weighted by molar-refractivity contribution is -0.134. The Balaban J connectivity index is 2.16. The molecule has 0 bridgehead atoms. The van der Waals surface area contributed by atoms with Crippen LogP contribution in [0.3, 0.4) is 0 Å². The maximum absolute atomic E-state index is 13.2. The van der Waals surface area contributed by atoms with Crippen molar-refractivity contribution < 1.29 is 24.0 Å². The first-order valence-corrected chi connectivity index (χ1v) is 12.9. The lowest BCUT2D eigenvalue weighted by Crippen LogP contribution is -2.57. The zero-order chi connectivity index (χ0) is 28.8. The van der Waals surface area contributed by atoms with Crippen LogP contribution in [0.25, 0.3) is 0 Å². The van der Waals surface area contributed by atoms with Gasteiger partial charge in [-0.15, -0.1) is 0 Å². The van der Waals surface area contributed by atoms with Gasteiger partial charge in [-0.25, -0.2) is 0 Å². The topological polar surface area (TPSA) is 250 Å². The third-order valence-electron chi connectivity index (χ3n) is 6.21. The van der Waals surface area contributed by atoms with E-state index in [0.29, 0.717) is 19.4 Å². The Bertz CT molecular complexity index is 1020. The summed E-state index contributed by atoms with van der Waals surface area (Å²) in [7, 11) is 0. The smallest absolute Gasteiger partial charge is 0.243 e. The second kappa shape index (κ2) is 15.9. The highest BCUT2D eigenvalue weighted by Gasteiger charge is 2.31. The Kier molecular flexibility index (Phi) is 12.7. The fraction of sp³-hybridized carbons (Fsp3) is 0.520. The van der Waals surface area contributed by atoms with Crippen LogP contribution in [0.5, 0.6) is 0 Å². The Morgan fingerprint density at radius 2 is 1.54 bits per heavy atom. The second-order valence-corrected chi connectivity index (χ2v) is 9.38. The van der Waals surface area contributed by atoms with Crippen molar-refractivity contribution in [3.8, 4) is 0 Å². The summed E-state index contributed by atoms with van der Waals surface area (Å²) in [5, 5.41) is 10.9. The fourth-order valence-corrected chi connectivity index (χ4v) is 4.13. The summed E-state index contributed by atoms with van der Waals surface area (Å²) in [4.78, 5) is 66.5. The molecular weight excluding hydrogens is 506 g/mol. The first-order chi connectivity index (χ1) is 18.6. The van der Waals surface area contributed by atoms with E-state index in [4.69, 9.17) is 22.9 Å². The van der Waals surface area contributed by atoms with E-state index in [2.05, 4.69) is 26.3 Å². The molecule has 14 heteroatoms. The monoisotopic (exact) mass is 545 g/mol. The minimum Gasteiger partial charge on any atom is -0.370 e. The molecular formula is C25H39N9O5. The van der Waals surface area contributed by atoms with Crippen LogP contribution in [-0.4, -0.2) is 72.8 Å². The summed E-state index contributed by atoms with van der Waals surface area (Å²) in [6.07, 6.45) is 1.81. The molecule has 1 fully saturated rings. The average molecular weight is 546 g/mol. The number of aliphatic imine (C=N–C) groups is 1. The average Bonchev–Trinajstić information content (AvgIpc) is 3.43. The third kappa shape index (κ3) is 11.4. The molecule has 0 radical (unpaired) electrons. The fourth-order valence-electron chi connectivity index (χ4n) is 4.13. The maximum Gasteiger partial charge on any atom is 0.243 e. The van der Waals surface area contributed by atoms with Gasteiger partial charge >= 0.3 is 0 Å². The minimum atomic E-state index is -1.11. The van der Waals surface area contributed by atoms with Crippen molar-refractivity contribution in [3.63, 3.8) is 0 Å². The summed E-state index contributed by atoms with van der Waals surface area (Å²) in [5.74, 6) is -3.21. The van der Waals surface area contributed by atoms with Crippen LogP contribution in [0.2, 0.25) is 0 Å². The minimum absolute atomic E-state index is 0.0557. The highest BCUT2D eigenvalue weighted by molar-refractivity contribution is 5.95. The normalized spacial score (nSPS) is 16.8. The van der Waals surface area contributed by atoms with E-state index in [1.54, 1.807) is 24.3 Å². The van der Waals surface area contributed by atoms with Gasteiger partial charge in [-0.2, -0.15) is 0 Å². The number of guanidine groups is 1. The van der Waals surface area contributed by atoms with Gasteiger partial charge in [0, 0.05) is 19.4 Å². The summed E-state index contributed by atoms with van der Waals surface area (Å²) in [5.41, 5.74) is 22.3. The molecule has 5 amide bonds. The number of nitrogens with two attached hydrogens (primary N) is 4. The number of carbonyl (C=O) groups is 5. The van der Waals surface area contributed by atoms with Crippen molar-refractivity contribution in [2.24, 2.45) is 27.9 Å². The predicted octanol–water partition coefficient (Wildman–Crippen LogP) is -2.76. The molecule has 1 aromatic rings. The quantitative estimate of drug-likeness (QED) is 0.0612. The second-order valence-electron chi connectivity index (χ2n) is 9.38. The third-order valence-corrected chi connectivity index (χ3v) is 6.21. The van der Waals surface area contributed by atoms with Crippen molar-refractivity contribution >= 4 is 35.5 Å². The molecule has 1 saturated heterocycles. The van der Waals surface area contributed by atoms with Crippen molar-refractivity contribution in [2.45, 2.75) is 69.1 Å². The maximum atomic E-state index is 13.2. The van der Waals surface area contributed by atoms with Crippen LogP contribution in [0.15, 0.2) is 35.3 Å². The van der Waals surface area contributed by atoms with E-state index < -0.39 is 47.8 Å². The van der Waals surface area contributed by atoms with E-state index in [-0.39, 0.29) is 44.1 Å². The van der Waals surface area contributed by atoms with Gasteiger partial charge in [-0.3, -0.25) is 29.0 Å². The molecule has 1 aliphatic rings. The van der Waals surface area contributed by atoms with Gasteiger partial charge in [-0.05, 0) is 44.2 Å². The van der Waals surface area contributed by atoms with Gasteiger partial charge in [0.25, 0.3) is 0 Å². The van der Waals surface area contributed by atoms with Crippen molar-refractivity contribution in [2.75, 3.05) is 13.1 Å². The zero-order valence-electron chi connectivity index (χ0n) is 21.9. The number of hydrogen-bond acceptors (Lipinski definition) is 7. The SMILES string of the molecule is NC(=O)CC[C@H](NC(=O)[C@@H]1CCCN1)C(=O)N[C@@H](CCCN=C(N)N)C(=O)N[C@H](Cc1ccccc1)C(N)=O. The number of nitrogens with one attached hydrogen (secondary N) is 4. The number of primary amides is 2. The largest absolute Gasteiger partial charge is 0.370 e. The molecule has 14 nitrogen and oxygen atoms in total. The lowest BCUT2D eigenvalue weighted by Gasteiger charge is -2.25. The lowest BCUT2D eigenvalue weighted by atomic mass is 10.0. The molecule has 0 spiro atoms. The Labute approximate surface area is 227 Å². The van der Waals surface area contributed by atoms with Crippen LogP contribution >= 0.6 is 0 Å². The van der Waals surface area contributed by atoms with Gasteiger partial charge in [0.2, 0.25) is 29.5 Å². The molecule has 0 unspecified atom stereocenters. The Morgan fingerprint density at radius 1 is 0.897 bits per heavy atom. The van der Waals surface area contributed by atoms with Crippen LogP contribution in [0.4, 0.5) is 0 Å². The molecule has 0 aliphatic carbocycles. The van der Waals surface area contributed by atoms with E-state index in [9.17, 15) is 24.0 Å². The summed E-state index contributed by atoms with van der Waals surface area (Å²) in [6.45, 7) is 0.874. The molecule has 1 heterocycles. The summed E-state index contributed by atoms with van der Waals surface area (Å²) < 4.78 is 0.